The fourth-order valence-corrected chi connectivity index (χ4v) is 2.51. The summed E-state index contributed by atoms with van der Waals surface area (Å²) in [5.74, 6) is 0.441. The van der Waals surface area contributed by atoms with E-state index >= 15 is 0 Å². The second-order valence-electron chi connectivity index (χ2n) is 5.32. The van der Waals surface area contributed by atoms with Crippen LogP contribution in [0.5, 0.6) is 5.75 Å². The van der Waals surface area contributed by atoms with Crippen LogP contribution in [0.4, 0.5) is 0 Å². The van der Waals surface area contributed by atoms with Gasteiger partial charge in [0.05, 0.1) is 0 Å². The summed E-state index contributed by atoms with van der Waals surface area (Å²) in [5, 5.41) is 3.16. The molecule has 1 amide bonds. The van der Waals surface area contributed by atoms with Crippen molar-refractivity contribution < 1.29 is 9.53 Å². The number of rotatable bonds is 5. The Labute approximate surface area is 128 Å². The summed E-state index contributed by atoms with van der Waals surface area (Å²) in [6.07, 6.45) is 0.752. The number of hydrogen-bond acceptors (Lipinski definition) is 2. The molecule has 1 fully saturated rings. The lowest BCUT2D eigenvalue weighted by Gasteiger charge is -2.07. The highest BCUT2D eigenvalue weighted by molar-refractivity contribution is 5.83. The smallest absolute Gasteiger partial charge is 0.222 e. The normalized spacial score (nSPS) is 19.1. The highest BCUT2D eigenvalue weighted by Crippen LogP contribution is 2.48. The van der Waals surface area contributed by atoms with Crippen LogP contribution < -0.4 is 4.74 Å². The number of carbonyl (C=O) groups excluding carboxylic acids is 1. The van der Waals surface area contributed by atoms with Crippen molar-refractivity contribution in [2.24, 2.45) is 11.0 Å². The molecular weight excluding hydrogens is 278 g/mol. The van der Waals surface area contributed by atoms with Crippen LogP contribution in [0.2, 0.25) is 0 Å². The number of ether oxygens (including phenoxy) is 1. The summed E-state index contributed by atoms with van der Waals surface area (Å²) in [6.45, 7) is 0.529. The Balaban J connectivity index is 1.57. The van der Waals surface area contributed by atoms with Crippen LogP contribution in [-0.2, 0) is 11.4 Å². The standard InChI is InChI=1S/C17H15N3O2/c18-20-19-17(21)16-10-15(16)13-6-8-14(9-7-13)22-11-12-4-2-1-3-5-12/h1-9,15-16H,10-11H2. The molecule has 1 aliphatic carbocycles. The fraction of sp³-hybridized carbons (Fsp3) is 0.235. The molecule has 0 N–H and O–H groups in total. The Morgan fingerprint density at radius 3 is 2.59 bits per heavy atom. The van der Waals surface area contributed by atoms with Gasteiger partial charge in [-0.1, -0.05) is 42.5 Å². The Hall–Kier alpha value is -2.78. The van der Waals surface area contributed by atoms with Gasteiger partial charge in [0.15, 0.2) is 0 Å². The summed E-state index contributed by atoms with van der Waals surface area (Å²) in [7, 11) is 0. The molecule has 5 nitrogen and oxygen atoms in total. The van der Waals surface area contributed by atoms with Crippen LogP contribution in [0.25, 0.3) is 10.4 Å². The molecule has 2 unspecified atom stereocenters. The van der Waals surface area contributed by atoms with Crippen molar-refractivity contribution in [1.82, 2.24) is 0 Å². The second-order valence-corrected chi connectivity index (χ2v) is 5.32. The number of nitrogens with zero attached hydrogens (tertiary/aromatic N) is 3. The Bertz CT molecular complexity index is 706. The third-order valence-electron chi connectivity index (χ3n) is 3.81. The number of hydrogen-bond donors (Lipinski definition) is 0. The van der Waals surface area contributed by atoms with Gasteiger partial charge in [0.2, 0.25) is 5.91 Å². The third-order valence-corrected chi connectivity index (χ3v) is 3.81. The molecule has 0 radical (unpaired) electrons. The van der Waals surface area contributed by atoms with E-state index in [1.807, 2.05) is 54.6 Å². The van der Waals surface area contributed by atoms with Gasteiger partial charge in [0.25, 0.3) is 0 Å². The van der Waals surface area contributed by atoms with Crippen LogP contribution in [0.3, 0.4) is 0 Å². The zero-order valence-corrected chi connectivity index (χ0v) is 11.9. The maximum atomic E-state index is 11.5. The molecule has 1 aliphatic rings. The molecule has 0 spiro atoms. The van der Waals surface area contributed by atoms with Gasteiger partial charge in [-0.2, -0.15) is 0 Å². The number of carbonyl (C=O) groups is 1. The van der Waals surface area contributed by atoms with Gasteiger partial charge in [0, 0.05) is 10.8 Å². The SMILES string of the molecule is [N-]=[N+]=NC(=O)C1CC1c1ccc(OCc2ccccc2)cc1. The van der Waals surface area contributed by atoms with E-state index in [1.165, 1.54) is 0 Å². The quantitative estimate of drug-likeness (QED) is 0.470. The first-order valence-electron chi connectivity index (χ1n) is 7.13. The number of benzene rings is 2. The largest absolute Gasteiger partial charge is 0.489 e. The van der Waals surface area contributed by atoms with Crippen molar-refractivity contribution in [2.45, 2.75) is 18.9 Å². The third kappa shape index (κ3) is 3.27. The molecule has 0 aromatic heterocycles. The van der Waals surface area contributed by atoms with Gasteiger partial charge in [-0.15, -0.1) is 0 Å². The summed E-state index contributed by atoms with van der Waals surface area (Å²) < 4.78 is 5.73. The van der Waals surface area contributed by atoms with E-state index < -0.39 is 0 Å². The first-order valence-corrected chi connectivity index (χ1v) is 7.13. The molecular formula is C17H15N3O2. The van der Waals surface area contributed by atoms with Crippen molar-refractivity contribution in [2.75, 3.05) is 0 Å². The van der Waals surface area contributed by atoms with Crippen LogP contribution >= 0.6 is 0 Å². The number of amides is 1. The number of azide groups is 1. The molecule has 2 aromatic carbocycles. The van der Waals surface area contributed by atoms with Crippen molar-refractivity contribution in [3.63, 3.8) is 0 Å². The summed E-state index contributed by atoms with van der Waals surface area (Å²) >= 11 is 0. The van der Waals surface area contributed by atoms with Crippen molar-refractivity contribution >= 4 is 5.91 Å². The molecule has 0 aliphatic heterocycles. The van der Waals surface area contributed by atoms with Crippen LogP contribution in [-0.4, -0.2) is 5.91 Å². The maximum Gasteiger partial charge on any atom is 0.222 e. The predicted octanol–water partition coefficient (Wildman–Crippen LogP) is 4.21. The van der Waals surface area contributed by atoms with Gasteiger partial charge in [0.1, 0.15) is 12.4 Å². The zero-order valence-electron chi connectivity index (χ0n) is 11.9. The Morgan fingerprint density at radius 2 is 1.91 bits per heavy atom. The van der Waals surface area contributed by atoms with Crippen molar-refractivity contribution in [3.05, 3.63) is 76.2 Å². The van der Waals surface area contributed by atoms with Crippen molar-refractivity contribution in [1.29, 1.82) is 0 Å². The monoisotopic (exact) mass is 293 g/mol. The van der Waals surface area contributed by atoms with E-state index in [4.69, 9.17) is 10.3 Å². The molecule has 2 atom stereocenters. The molecule has 3 rings (SSSR count). The van der Waals surface area contributed by atoms with Crippen LogP contribution in [0, 0.1) is 5.92 Å². The van der Waals surface area contributed by atoms with Crippen LogP contribution in [0.1, 0.15) is 23.5 Å². The second kappa shape index (κ2) is 6.33. The summed E-state index contributed by atoms with van der Waals surface area (Å²) in [4.78, 5) is 14.0. The Kier molecular flexibility index (Phi) is 4.08. The van der Waals surface area contributed by atoms with E-state index in [0.29, 0.717) is 6.61 Å². The molecule has 0 heterocycles. The van der Waals surface area contributed by atoms with E-state index in [9.17, 15) is 4.79 Å². The predicted molar refractivity (Wildman–Crippen MR) is 82.2 cm³/mol. The fourth-order valence-electron chi connectivity index (χ4n) is 2.51. The van der Waals surface area contributed by atoms with Crippen LogP contribution in [0.15, 0.2) is 59.7 Å². The minimum absolute atomic E-state index is 0.160. The van der Waals surface area contributed by atoms with Gasteiger partial charge < -0.3 is 4.74 Å². The summed E-state index contributed by atoms with van der Waals surface area (Å²) in [6, 6.07) is 17.7. The molecule has 0 bridgehead atoms. The lowest BCUT2D eigenvalue weighted by molar-refractivity contribution is -0.119. The molecule has 0 saturated heterocycles. The van der Waals surface area contributed by atoms with Gasteiger partial charge in [-0.05, 0) is 46.2 Å². The maximum absolute atomic E-state index is 11.5. The average molecular weight is 293 g/mol. The van der Waals surface area contributed by atoms with E-state index in [-0.39, 0.29) is 17.7 Å². The van der Waals surface area contributed by atoms with Gasteiger partial charge in [-0.25, -0.2) is 0 Å². The van der Waals surface area contributed by atoms with Gasteiger partial charge >= 0.3 is 0 Å². The minimum atomic E-state index is -0.364. The molecule has 22 heavy (non-hydrogen) atoms. The van der Waals surface area contributed by atoms with E-state index in [2.05, 4.69) is 10.0 Å². The molecule has 5 heteroatoms. The van der Waals surface area contributed by atoms with E-state index in [1.54, 1.807) is 0 Å². The highest BCUT2D eigenvalue weighted by Gasteiger charge is 2.43. The first-order chi connectivity index (χ1) is 10.8. The lowest BCUT2D eigenvalue weighted by Crippen LogP contribution is -1.97. The zero-order chi connectivity index (χ0) is 15.4. The minimum Gasteiger partial charge on any atom is -0.489 e. The Morgan fingerprint density at radius 1 is 1.18 bits per heavy atom. The van der Waals surface area contributed by atoms with Gasteiger partial charge in [-0.3, -0.25) is 4.79 Å². The highest BCUT2D eigenvalue weighted by atomic mass is 16.5. The summed E-state index contributed by atoms with van der Waals surface area (Å²) in [5.41, 5.74) is 10.5. The average Bonchev–Trinajstić information content (AvgIpc) is 3.35. The molecule has 2 aromatic rings. The molecule has 110 valence electrons. The van der Waals surface area contributed by atoms with E-state index in [0.717, 1.165) is 23.3 Å². The van der Waals surface area contributed by atoms with Crippen molar-refractivity contribution in [3.8, 4) is 5.75 Å². The lowest BCUT2D eigenvalue weighted by atomic mass is 10.1. The first kappa shape index (κ1) is 14.2. The molecule has 1 saturated carbocycles. The topological polar surface area (TPSA) is 75.1 Å².